The van der Waals surface area contributed by atoms with Crippen molar-refractivity contribution in [1.82, 2.24) is 14.2 Å². The second-order valence-electron chi connectivity index (χ2n) is 9.16. The van der Waals surface area contributed by atoms with Gasteiger partial charge in [-0.05, 0) is 59.0 Å². The Morgan fingerprint density at radius 1 is 1.12 bits per heavy atom. The van der Waals surface area contributed by atoms with Crippen LogP contribution < -0.4 is 9.46 Å². The topological polar surface area (TPSA) is 102 Å². The third-order valence-corrected chi connectivity index (χ3v) is 8.05. The van der Waals surface area contributed by atoms with Gasteiger partial charge in [0.25, 0.3) is 0 Å². The van der Waals surface area contributed by atoms with Gasteiger partial charge < -0.3 is 9.26 Å². The van der Waals surface area contributed by atoms with Crippen LogP contribution in [0.3, 0.4) is 0 Å². The summed E-state index contributed by atoms with van der Waals surface area (Å²) in [6.45, 7) is 8.05. The molecular formula is C29H27Cl2N3O5S2. The highest BCUT2D eigenvalue weighted by Crippen LogP contribution is 2.39. The fourth-order valence-electron chi connectivity index (χ4n) is 4.03. The number of thiol groups is 1. The van der Waals surface area contributed by atoms with Gasteiger partial charge in [-0.15, -0.1) is 0 Å². The van der Waals surface area contributed by atoms with E-state index in [0.29, 0.717) is 32.8 Å². The Bertz CT molecular complexity index is 1620. The van der Waals surface area contributed by atoms with Gasteiger partial charge in [-0.3, -0.25) is 4.31 Å². The number of nitrogens with one attached hydrogen (secondary N) is 1. The Morgan fingerprint density at radius 2 is 1.78 bits per heavy atom. The lowest BCUT2D eigenvalue weighted by atomic mass is 10.0. The molecule has 41 heavy (non-hydrogen) atoms. The molecule has 0 spiro atoms. The Balaban J connectivity index is 1.54. The number of hydrogen-bond donors (Lipinski definition) is 2. The van der Waals surface area contributed by atoms with E-state index in [2.05, 4.69) is 11.7 Å². The van der Waals surface area contributed by atoms with Crippen LogP contribution in [0.25, 0.3) is 28.5 Å². The van der Waals surface area contributed by atoms with Crippen LogP contribution >= 0.6 is 35.1 Å². The highest BCUT2D eigenvalue weighted by molar-refractivity contribution is 7.97. The number of aromatic nitrogens is 1. The van der Waals surface area contributed by atoms with Gasteiger partial charge in [-0.1, -0.05) is 85.2 Å². The van der Waals surface area contributed by atoms with Crippen molar-refractivity contribution in [3.8, 4) is 28.1 Å². The van der Waals surface area contributed by atoms with Gasteiger partial charge >= 0.3 is 6.03 Å². The first-order chi connectivity index (χ1) is 19.6. The van der Waals surface area contributed by atoms with Crippen LogP contribution in [0.4, 0.5) is 4.79 Å². The lowest BCUT2D eigenvalue weighted by Gasteiger charge is -2.17. The molecule has 0 aliphatic heterocycles. The molecule has 0 saturated carbocycles. The van der Waals surface area contributed by atoms with Crippen molar-refractivity contribution in [2.45, 2.75) is 31.3 Å². The van der Waals surface area contributed by atoms with Crippen LogP contribution in [0.5, 0.6) is 5.75 Å². The predicted molar refractivity (Wildman–Crippen MR) is 165 cm³/mol. The van der Waals surface area contributed by atoms with Crippen LogP contribution in [0.15, 0.2) is 76.7 Å². The lowest BCUT2D eigenvalue weighted by molar-refractivity contribution is 0.236. The molecule has 12 heteroatoms. The molecule has 0 radical (unpaired) electrons. The Morgan fingerprint density at radius 3 is 2.39 bits per heavy atom. The standard InChI is InChI=1S/C29H27Cl2N3O5S2/c1-5-18-9-10-20(15-25(18)40-34(4)29(35)33-41(36)37)19-11-13-21(14-12-19)38-16-22-27(32-39-28(22)17(2)3)26-23(30)7-6-8-24(26)31/h5-15,17,41H,1,16H2,2-4H3,(H,33,35,36,37). The van der Waals surface area contributed by atoms with E-state index in [1.54, 1.807) is 24.3 Å². The van der Waals surface area contributed by atoms with Gasteiger partial charge in [-0.25, -0.2) is 17.9 Å². The normalized spacial score (nSPS) is 11.1. The number of carbonyl (C=O) groups excluding carboxylic acids is 1. The first-order valence-corrected chi connectivity index (χ1v) is 15.1. The van der Waals surface area contributed by atoms with E-state index in [9.17, 15) is 13.2 Å². The SMILES string of the molecule is C=Cc1ccc(-c2ccc(OCc3c(-c4c(Cl)cccc4Cl)noc3C(C)C)cc2)cc1SN(C)C(=O)N[SH](=O)=O. The minimum Gasteiger partial charge on any atom is -0.489 e. The van der Waals surface area contributed by atoms with Gasteiger partial charge in [0.15, 0.2) is 0 Å². The monoisotopic (exact) mass is 631 g/mol. The van der Waals surface area contributed by atoms with Crippen molar-refractivity contribution in [3.63, 3.8) is 0 Å². The van der Waals surface area contributed by atoms with Crippen LogP contribution in [-0.4, -0.2) is 31.0 Å². The molecule has 8 nitrogen and oxygen atoms in total. The summed E-state index contributed by atoms with van der Waals surface area (Å²) >= 11 is 14.0. The molecule has 0 fully saturated rings. The molecule has 4 aromatic rings. The summed E-state index contributed by atoms with van der Waals surface area (Å²) in [5.41, 5.74) is 4.53. The maximum absolute atomic E-state index is 12.0. The van der Waals surface area contributed by atoms with E-state index >= 15 is 0 Å². The maximum Gasteiger partial charge on any atom is 0.340 e. The molecule has 1 N–H and O–H groups in total. The number of halogens is 2. The Hall–Kier alpha value is -3.44. The van der Waals surface area contributed by atoms with E-state index in [4.69, 9.17) is 32.5 Å². The van der Waals surface area contributed by atoms with Gasteiger partial charge in [0.1, 0.15) is 23.8 Å². The first kappa shape index (κ1) is 30.5. The average molecular weight is 633 g/mol. The zero-order valence-corrected chi connectivity index (χ0v) is 25.6. The summed E-state index contributed by atoms with van der Waals surface area (Å²) in [4.78, 5) is 12.8. The summed E-state index contributed by atoms with van der Waals surface area (Å²) in [5.74, 6) is 1.40. The van der Waals surface area contributed by atoms with Crippen LogP contribution in [-0.2, 0) is 17.5 Å². The molecule has 0 unspecified atom stereocenters. The zero-order valence-electron chi connectivity index (χ0n) is 22.4. The number of hydrogen-bond acceptors (Lipinski definition) is 7. The van der Waals surface area contributed by atoms with Crippen LogP contribution in [0.2, 0.25) is 10.0 Å². The average Bonchev–Trinajstić information content (AvgIpc) is 3.35. The Labute approximate surface area is 254 Å². The third-order valence-electron chi connectivity index (χ3n) is 6.06. The van der Waals surface area contributed by atoms with Crippen molar-refractivity contribution in [2.24, 2.45) is 0 Å². The van der Waals surface area contributed by atoms with E-state index in [1.807, 2.05) is 61.0 Å². The molecule has 1 aromatic heterocycles. The number of amides is 2. The maximum atomic E-state index is 12.0. The molecular weight excluding hydrogens is 605 g/mol. The minimum atomic E-state index is -3.05. The largest absolute Gasteiger partial charge is 0.489 e. The fraction of sp³-hybridized carbons (Fsp3) is 0.172. The summed E-state index contributed by atoms with van der Waals surface area (Å²) in [6.07, 6.45) is 1.67. The van der Waals surface area contributed by atoms with Gasteiger partial charge in [0.2, 0.25) is 10.9 Å². The van der Waals surface area contributed by atoms with Gasteiger partial charge in [-0.2, -0.15) is 0 Å². The molecule has 4 rings (SSSR count). The van der Waals surface area contributed by atoms with Crippen LogP contribution in [0.1, 0.15) is 36.7 Å². The van der Waals surface area contributed by atoms with E-state index < -0.39 is 16.9 Å². The molecule has 3 aromatic carbocycles. The summed E-state index contributed by atoms with van der Waals surface area (Å²) in [6, 6.07) is 17.8. The van der Waals surface area contributed by atoms with Crippen molar-refractivity contribution < 1.29 is 22.5 Å². The lowest BCUT2D eigenvalue weighted by Crippen LogP contribution is -2.31. The summed E-state index contributed by atoms with van der Waals surface area (Å²) in [5, 5.41) is 5.21. The number of nitrogens with zero attached hydrogens (tertiary/aromatic N) is 2. The van der Waals surface area contributed by atoms with E-state index in [1.165, 1.54) is 11.4 Å². The van der Waals surface area contributed by atoms with E-state index in [0.717, 1.165) is 39.1 Å². The van der Waals surface area contributed by atoms with Crippen molar-refractivity contribution in [2.75, 3.05) is 7.05 Å². The summed E-state index contributed by atoms with van der Waals surface area (Å²) < 4.78 is 36.6. The molecule has 214 valence electrons. The minimum absolute atomic E-state index is 0.0669. The molecule has 0 aliphatic carbocycles. The molecule has 2 amide bonds. The van der Waals surface area contributed by atoms with Crippen molar-refractivity contribution in [1.29, 1.82) is 0 Å². The second-order valence-corrected chi connectivity index (χ2v) is 11.9. The number of urea groups is 1. The van der Waals surface area contributed by atoms with Crippen molar-refractivity contribution in [3.05, 3.63) is 94.2 Å². The zero-order chi connectivity index (χ0) is 29.7. The summed E-state index contributed by atoms with van der Waals surface area (Å²) in [7, 11) is -1.57. The molecule has 0 atom stereocenters. The van der Waals surface area contributed by atoms with E-state index in [-0.39, 0.29) is 12.5 Å². The predicted octanol–water partition coefficient (Wildman–Crippen LogP) is 7.84. The highest BCUT2D eigenvalue weighted by atomic mass is 35.5. The van der Waals surface area contributed by atoms with Gasteiger partial charge in [0.05, 0.1) is 15.6 Å². The second kappa shape index (κ2) is 13.5. The third kappa shape index (κ3) is 7.26. The number of carbonyl (C=O) groups is 1. The molecule has 0 bridgehead atoms. The number of rotatable bonds is 10. The molecule has 0 aliphatic rings. The van der Waals surface area contributed by atoms with Crippen LogP contribution in [0, 0.1) is 0 Å². The Kier molecular flexibility index (Phi) is 10.0. The highest BCUT2D eigenvalue weighted by Gasteiger charge is 2.24. The first-order valence-electron chi connectivity index (χ1n) is 12.4. The molecule has 1 heterocycles. The number of benzene rings is 3. The fourth-order valence-corrected chi connectivity index (χ4v) is 5.84. The quantitative estimate of drug-likeness (QED) is 0.136. The number of ether oxygens (including phenoxy) is 1. The molecule has 0 saturated heterocycles. The van der Waals surface area contributed by atoms with Crippen molar-refractivity contribution >= 4 is 58.1 Å². The van der Waals surface area contributed by atoms with Gasteiger partial charge in [0, 0.05) is 23.4 Å². The smallest absolute Gasteiger partial charge is 0.340 e.